The number of amides is 2. The molecular weight excluding hydrogens is 737 g/mol. The zero-order chi connectivity index (χ0) is 42.2. The number of nitrogens with zero attached hydrogens (tertiary/aromatic N) is 2. The molecule has 2 N–H and O–H groups in total. The van der Waals surface area contributed by atoms with Crippen molar-refractivity contribution in [3.8, 4) is 22.5 Å². The molecule has 0 bridgehead atoms. The van der Waals surface area contributed by atoms with E-state index >= 15 is 0 Å². The Morgan fingerprint density at radius 2 is 1.39 bits per heavy atom. The number of fused-ring (bicyclic) bond motifs is 2. The second-order valence-corrected chi connectivity index (χ2v) is 14.9. The molecule has 1 heterocycles. The smallest absolute Gasteiger partial charge is 0.338 e. The quantitative estimate of drug-likeness (QED) is 0.0316. The molecule has 0 saturated heterocycles. The van der Waals surface area contributed by atoms with Gasteiger partial charge >= 0.3 is 5.97 Å². The Morgan fingerprint density at radius 1 is 0.729 bits per heavy atom. The molecule has 0 aromatic heterocycles. The third-order valence-electron chi connectivity index (χ3n) is 10.1. The SMILES string of the molecule is CCCCC/C=C\C/C=C\C/C=C\C/C=C\CCCC(=O)NCCCCCNC(=O)c1ccc(-c2c3ccc(=NC)cc-3oc3cc(N(C)C)ccc23)c(C(=O)OC)c1. The summed E-state index contributed by atoms with van der Waals surface area (Å²) in [6.07, 6.45) is 30.3. The van der Waals surface area contributed by atoms with Crippen LogP contribution in [0.1, 0.15) is 111 Å². The van der Waals surface area contributed by atoms with Crippen molar-refractivity contribution in [3.05, 3.63) is 120 Å². The number of unbranched alkanes of at least 4 members (excludes halogenated alkanes) is 6. The Hall–Kier alpha value is -5.70. The molecule has 0 saturated carbocycles. The average molecular weight is 801 g/mol. The van der Waals surface area contributed by atoms with Gasteiger partial charge in [0.2, 0.25) is 5.91 Å². The van der Waals surface area contributed by atoms with Crippen LogP contribution in [0, 0.1) is 0 Å². The number of methoxy groups -OCH3 is 1. The highest BCUT2D eigenvalue weighted by atomic mass is 16.5. The van der Waals surface area contributed by atoms with Crippen LogP contribution in [0.4, 0.5) is 5.69 Å². The summed E-state index contributed by atoms with van der Waals surface area (Å²) < 4.78 is 11.6. The number of nitrogens with one attached hydrogen (secondary N) is 2. The summed E-state index contributed by atoms with van der Waals surface area (Å²) in [6, 6.07) is 16.8. The van der Waals surface area contributed by atoms with E-state index < -0.39 is 5.97 Å². The number of hydrogen-bond donors (Lipinski definition) is 2. The largest absolute Gasteiger partial charge is 0.465 e. The first kappa shape index (κ1) is 46.0. The number of rotatable bonds is 24. The molecule has 1 aliphatic heterocycles. The maximum absolute atomic E-state index is 13.3. The molecule has 0 unspecified atom stereocenters. The van der Waals surface area contributed by atoms with Crippen LogP contribution in [-0.4, -0.2) is 59.1 Å². The second-order valence-electron chi connectivity index (χ2n) is 14.9. The van der Waals surface area contributed by atoms with E-state index in [2.05, 4.69) is 71.2 Å². The normalized spacial score (nSPS) is 12.2. The van der Waals surface area contributed by atoms with E-state index in [1.807, 2.05) is 55.4 Å². The molecule has 2 aliphatic rings. The van der Waals surface area contributed by atoms with E-state index in [0.29, 0.717) is 42.0 Å². The molecule has 4 rings (SSSR count). The molecule has 2 aromatic rings. The van der Waals surface area contributed by atoms with E-state index in [4.69, 9.17) is 9.15 Å². The van der Waals surface area contributed by atoms with Crippen molar-refractivity contribution in [2.75, 3.05) is 46.2 Å². The summed E-state index contributed by atoms with van der Waals surface area (Å²) in [7, 11) is 7.00. The van der Waals surface area contributed by atoms with Gasteiger partial charge in [0.15, 0.2) is 0 Å². The number of esters is 1. The van der Waals surface area contributed by atoms with Gasteiger partial charge in [0.1, 0.15) is 11.3 Å². The van der Waals surface area contributed by atoms with E-state index in [-0.39, 0.29) is 17.4 Å². The van der Waals surface area contributed by atoms with Crippen molar-refractivity contribution < 1.29 is 23.5 Å². The minimum Gasteiger partial charge on any atom is -0.465 e. The van der Waals surface area contributed by atoms with Gasteiger partial charge < -0.3 is 24.7 Å². The molecule has 0 atom stereocenters. The number of carbonyl (C=O) groups excluding carboxylic acids is 3. The van der Waals surface area contributed by atoms with Crippen molar-refractivity contribution in [2.24, 2.45) is 4.99 Å². The van der Waals surface area contributed by atoms with Crippen LogP contribution >= 0.6 is 0 Å². The van der Waals surface area contributed by atoms with E-state index in [1.165, 1.54) is 32.8 Å². The molecule has 9 heteroatoms. The molecule has 9 nitrogen and oxygen atoms in total. The van der Waals surface area contributed by atoms with Crippen LogP contribution in [0.5, 0.6) is 0 Å². The zero-order valence-electron chi connectivity index (χ0n) is 35.9. The minimum atomic E-state index is -0.542. The number of carbonyl (C=O) groups is 3. The molecule has 0 fully saturated rings. The monoisotopic (exact) mass is 800 g/mol. The second kappa shape index (κ2) is 25.6. The van der Waals surface area contributed by atoms with Gasteiger partial charge in [-0.25, -0.2) is 4.79 Å². The highest BCUT2D eigenvalue weighted by Crippen LogP contribution is 2.42. The highest BCUT2D eigenvalue weighted by Gasteiger charge is 2.24. The van der Waals surface area contributed by atoms with Crippen LogP contribution < -0.4 is 20.9 Å². The van der Waals surface area contributed by atoms with Crippen molar-refractivity contribution in [2.45, 2.75) is 90.4 Å². The van der Waals surface area contributed by atoms with Crippen LogP contribution in [0.3, 0.4) is 0 Å². The van der Waals surface area contributed by atoms with E-state index in [0.717, 1.165) is 78.9 Å². The highest BCUT2D eigenvalue weighted by molar-refractivity contribution is 6.09. The first-order valence-electron chi connectivity index (χ1n) is 21.3. The van der Waals surface area contributed by atoms with Crippen molar-refractivity contribution in [1.82, 2.24) is 10.6 Å². The molecule has 2 amide bonds. The molecule has 59 heavy (non-hydrogen) atoms. The van der Waals surface area contributed by atoms with Gasteiger partial charge in [-0.3, -0.25) is 14.6 Å². The summed E-state index contributed by atoms with van der Waals surface area (Å²) in [5.74, 6) is -0.113. The third kappa shape index (κ3) is 14.9. The Balaban J connectivity index is 1.19. The van der Waals surface area contributed by atoms with Gasteiger partial charge in [0.25, 0.3) is 5.91 Å². The van der Waals surface area contributed by atoms with Crippen LogP contribution in [0.2, 0.25) is 0 Å². The molecular formula is C50H64N4O5. The molecule has 0 spiro atoms. The first-order chi connectivity index (χ1) is 28.8. The molecule has 1 aliphatic carbocycles. The van der Waals surface area contributed by atoms with Crippen molar-refractivity contribution in [1.29, 1.82) is 0 Å². The standard InChI is InChI=1S/C50H64N4O5/c1-6-7-8-9-10-11-12-13-14-15-16-17-18-19-20-21-23-26-47(55)52-33-24-22-25-34-53-49(56)38-27-30-41(44(35-38)50(57)58-5)48-42-31-28-39(51-2)36-45(42)59-46-37-40(54(3)4)29-32-43(46)48/h10-11,13-14,16-17,19-20,27-32,35-37H,6-9,12,15,18,21-26,33-34H2,1-5H3,(H,52,55)(H,53,56)/b11-10-,14-13-,17-16-,20-19-,51-39?. The lowest BCUT2D eigenvalue weighted by atomic mass is 9.89. The number of allylic oxidation sites excluding steroid dienone is 8. The van der Waals surface area contributed by atoms with Gasteiger partial charge in [-0.15, -0.1) is 0 Å². The predicted molar refractivity (Wildman–Crippen MR) is 243 cm³/mol. The molecule has 2 aromatic carbocycles. The summed E-state index contributed by atoms with van der Waals surface area (Å²) in [5, 5.41) is 7.58. The fourth-order valence-corrected chi connectivity index (χ4v) is 6.75. The van der Waals surface area contributed by atoms with Gasteiger partial charge in [0.05, 0.1) is 18.0 Å². The van der Waals surface area contributed by atoms with Crippen LogP contribution in [-0.2, 0) is 9.53 Å². The Bertz CT molecular complexity index is 2120. The zero-order valence-corrected chi connectivity index (χ0v) is 35.9. The maximum atomic E-state index is 13.3. The average Bonchev–Trinajstić information content (AvgIpc) is 3.25. The molecule has 0 radical (unpaired) electrons. The Kier molecular flexibility index (Phi) is 20.0. The fourth-order valence-electron chi connectivity index (χ4n) is 6.75. The Morgan fingerprint density at radius 3 is 2.05 bits per heavy atom. The predicted octanol–water partition coefficient (Wildman–Crippen LogP) is 10.7. The number of benzene rings is 3. The van der Waals surface area contributed by atoms with Crippen molar-refractivity contribution >= 4 is 34.4 Å². The lowest BCUT2D eigenvalue weighted by molar-refractivity contribution is -0.121. The fraction of sp³-hybridized carbons (Fsp3) is 0.400. The summed E-state index contributed by atoms with van der Waals surface area (Å²) >= 11 is 0. The van der Waals surface area contributed by atoms with Crippen LogP contribution in [0.15, 0.2) is 113 Å². The summed E-state index contributed by atoms with van der Waals surface area (Å²) in [4.78, 5) is 45.1. The first-order valence-corrected chi connectivity index (χ1v) is 21.3. The topological polar surface area (TPSA) is 113 Å². The number of anilines is 1. The minimum absolute atomic E-state index is 0.0736. The number of ether oxygens (including phenoxy) is 1. The maximum Gasteiger partial charge on any atom is 0.338 e. The van der Waals surface area contributed by atoms with Gasteiger partial charge in [-0.1, -0.05) is 74.4 Å². The van der Waals surface area contributed by atoms with Gasteiger partial charge in [0, 0.05) is 80.6 Å². The van der Waals surface area contributed by atoms with Crippen molar-refractivity contribution in [3.63, 3.8) is 0 Å². The summed E-state index contributed by atoms with van der Waals surface area (Å²) in [6.45, 7) is 3.32. The lowest BCUT2D eigenvalue weighted by Gasteiger charge is -2.19. The lowest BCUT2D eigenvalue weighted by Crippen LogP contribution is -2.26. The Labute approximate surface area is 351 Å². The van der Waals surface area contributed by atoms with E-state index in [9.17, 15) is 14.4 Å². The van der Waals surface area contributed by atoms with E-state index in [1.54, 1.807) is 25.2 Å². The molecule has 314 valence electrons. The number of hydrogen-bond acceptors (Lipinski definition) is 7. The van der Waals surface area contributed by atoms with Crippen LogP contribution in [0.25, 0.3) is 33.4 Å². The van der Waals surface area contributed by atoms with Gasteiger partial charge in [-0.2, -0.15) is 0 Å². The third-order valence-corrected chi connectivity index (χ3v) is 10.1. The van der Waals surface area contributed by atoms with Gasteiger partial charge in [-0.05, 0) is 106 Å². The summed E-state index contributed by atoms with van der Waals surface area (Å²) in [5.41, 5.74) is 4.52.